The minimum absolute atomic E-state index is 0.223. The second kappa shape index (κ2) is 7.44. The Kier molecular flexibility index (Phi) is 5.11. The number of rotatable bonds is 5. The minimum atomic E-state index is 0.223. The molecule has 122 valence electrons. The summed E-state index contributed by atoms with van der Waals surface area (Å²) in [4.78, 5) is 16.8. The Morgan fingerprint density at radius 2 is 1.96 bits per heavy atom. The Bertz CT molecular complexity index is 642. The lowest BCUT2D eigenvalue weighted by molar-refractivity contribution is -0.125. The van der Waals surface area contributed by atoms with Gasteiger partial charge in [-0.1, -0.05) is 49.6 Å². The van der Waals surface area contributed by atoms with E-state index in [9.17, 15) is 4.79 Å². The summed E-state index contributed by atoms with van der Waals surface area (Å²) in [7, 11) is 0. The van der Waals surface area contributed by atoms with E-state index >= 15 is 0 Å². The van der Waals surface area contributed by atoms with Crippen molar-refractivity contribution in [1.29, 1.82) is 0 Å². The molecule has 1 heterocycles. The number of benzene rings is 1. The number of hydrogen-bond donors (Lipinski definition) is 1. The number of imidazole rings is 1. The van der Waals surface area contributed by atoms with Crippen molar-refractivity contribution in [2.45, 2.75) is 45.6 Å². The number of nitrogens with zero attached hydrogens (tertiary/aromatic N) is 2. The van der Waals surface area contributed by atoms with Crippen molar-refractivity contribution in [2.24, 2.45) is 5.92 Å². The molecule has 0 bridgehead atoms. The first-order chi connectivity index (χ1) is 11.3. The standard InChI is InChI=1S/C19H25N3O/c1-15-14-21-18(16-8-4-2-5-9-16)22(15)13-12-20-19(23)17-10-6-3-7-11-17/h2,4-5,8-9,14,17H,3,6-7,10-13H2,1H3,(H,20,23). The van der Waals surface area contributed by atoms with Gasteiger partial charge in [0.15, 0.2) is 0 Å². The molecule has 1 aliphatic rings. The molecule has 2 aromatic rings. The average molecular weight is 311 g/mol. The fourth-order valence-electron chi connectivity index (χ4n) is 3.36. The third-order valence-corrected chi connectivity index (χ3v) is 4.70. The van der Waals surface area contributed by atoms with Crippen LogP contribution in [0.3, 0.4) is 0 Å². The van der Waals surface area contributed by atoms with E-state index < -0.39 is 0 Å². The number of carbonyl (C=O) groups excluding carboxylic acids is 1. The van der Waals surface area contributed by atoms with E-state index in [-0.39, 0.29) is 11.8 Å². The molecule has 4 nitrogen and oxygen atoms in total. The number of aromatic nitrogens is 2. The van der Waals surface area contributed by atoms with Crippen LogP contribution in [-0.4, -0.2) is 22.0 Å². The van der Waals surface area contributed by atoms with Gasteiger partial charge in [-0.05, 0) is 19.8 Å². The quantitative estimate of drug-likeness (QED) is 0.918. The highest BCUT2D eigenvalue weighted by molar-refractivity contribution is 5.78. The van der Waals surface area contributed by atoms with Gasteiger partial charge in [-0.15, -0.1) is 0 Å². The highest BCUT2D eigenvalue weighted by Gasteiger charge is 2.20. The van der Waals surface area contributed by atoms with Crippen molar-refractivity contribution >= 4 is 5.91 Å². The van der Waals surface area contributed by atoms with E-state index in [0.29, 0.717) is 6.54 Å². The molecule has 4 heteroatoms. The van der Waals surface area contributed by atoms with Crippen LogP contribution in [0.15, 0.2) is 36.5 Å². The molecule has 1 aromatic heterocycles. The molecule has 1 aliphatic carbocycles. The largest absolute Gasteiger partial charge is 0.354 e. The highest BCUT2D eigenvalue weighted by atomic mass is 16.1. The third kappa shape index (κ3) is 3.81. The van der Waals surface area contributed by atoms with Crippen LogP contribution in [0, 0.1) is 12.8 Å². The van der Waals surface area contributed by atoms with Crippen LogP contribution >= 0.6 is 0 Å². The van der Waals surface area contributed by atoms with E-state index in [1.165, 1.54) is 19.3 Å². The molecule has 23 heavy (non-hydrogen) atoms. The zero-order valence-electron chi connectivity index (χ0n) is 13.8. The van der Waals surface area contributed by atoms with Gasteiger partial charge in [0.2, 0.25) is 5.91 Å². The van der Waals surface area contributed by atoms with Crippen molar-refractivity contribution in [2.75, 3.05) is 6.54 Å². The van der Waals surface area contributed by atoms with Gasteiger partial charge in [0.05, 0.1) is 0 Å². The third-order valence-electron chi connectivity index (χ3n) is 4.70. The first kappa shape index (κ1) is 15.8. The van der Waals surface area contributed by atoms with Gasteiger partial charge in [0.25, 0.3) is 0 Å². The van der Waals surface area contributed by atoms with Gasteiger partial charge in [-0.25, -0.2) is 4.98 Å². The van der Waals surface area contributed by atoms with Crippen molar-refractivity contribution in [3.8, 4) is 11.4 Å². The van der Waals surface area contributed by atoms with Gasteiger partial charge in [0, 0.05) is 36.5 Å². The van der Waals surface area contributed by atoms with Gasteiger partial charge in [-0.2, -0.15) is 0 Å². The van der Waals surface area contributed by atoms with Crippen LogP contribution in [0.4, 0.5) is 0 Å². The van der Waals surface area contributed by atoms with Gasteiger partial charge >= 0.3 is 0 Å². The number of hydrogen-bond acceptors (Lipinski definition) is 2. The molecule has 3 rings (SSSR count). The average Bonchev–Trinajstić information content (AvgIpc) is 2.97. The van der Waals surface area contributed by atoms with E-state index in [1.54, 1.807) is 0 Å². The fourth-order valence-corrected chi connectivity index (χ4v) is 3.36. The topological polar surface area (TPSA) is 46.9 Å². The number of aryl methyl sites for hydroxylation is 1. The number of carbonyl (C=O) groups is 1. The summed E-state index contributed by atoms with van der Waals surface area (Å²) in [5.74, 6) is 1.42. The molecule has 0 unspecified atom stereocenters. The van der Waals surface area contributed by atoms with Crippen LogP contribution < -0.4 is 5.32 Å². The van der Waals surface area contributed by atoms with Gasteiger partial charge < -0.3 is 9.88 Å². The Balaban J connectivity index is 1.60. The maximum atomic E-state index is 12.2. The second-order valence-corrected chi connectivity index (χ2v) is 6.37. The number of amides is 1. The Morgan fingerprint density at radius 1 is 1.22 bits per heavy atom. The lowest BCUT2D eigenvalue weighted by Crippen LogP contribution is -2.34. The molecular weight excluding hydrogens is 286 g/mol. The van der Waals surface area contributed by atoms with Crippen LogP contribution in [0.5, 0.6) is 0 Å². The zero-order valence-corrected chi connectivity index (χ0v) is 13.8. The van der Waals surface area contributed by atoms with E-state index in [1.807, 2.05) is 24.4 Å². The molecule has 1 N–H and O–H groups in total. The molecule has 0 spiro atoms. The molecule has 1 saturated carbocycles. The van der Waals surface area contributed by atoms with Crippen LogP contribution in [0.1, 0.15) is 37.8 Å². The Hall–Kier alpha value is -2.10. The predicted molar refractivity (Wildman–Crippen MR) is 92.0 cm³/mol. The summed E-state index contributed by atoms with van der Waals surface area (Å²) in [5, 5.41) is 3.11. The molecule has 0 atom stereocenters. The van der Waals surface area contributed by atoms with E-state index in [4.69, 9.17) is 0 Å². The van der Waals surface area contributed by atoms with Crippen LogP contribution in [0.25, 0.3) is 11.4 Å². The SMILES string of the molecule is Cc1cnc(-c2ccccc2)n1CCNC(=O)C1CCCCC1. The predicted octanol–water partition coefficient (Wildman–Crippen LogP) is 3.56. The molecule has 0 radical (unpaired) electrons. The summed E-state index contributed by atoms with van der Waals surface area (Å²) in [6.45, 7) is 3.48. The van der Waals surface area contributed by atoms with Gasteiger partial charge in [0.1, 0.15) is 5.82 Å². The lowest BCUT2D eigenvalue weighted by Gasteiger charge is -2.21. The van der Waals surface area contributed by atoms with Crippen molar-refractivity contribution in [3.05, 3.63) is 42.2 Å². The first-order valence-electron chi connectivity index (χ1n) is 8.61. The first-order valence-corrected chi connectivity index (χ1v) is 8.61. The lowest BCUT2D eigenvalue weighted by atomic mass is 9.89. The molecule has 1 fully saturated rings. The molecule has 1 aromatic carbocycles. The summed E-state index contributed by atoms with van der Waals surface area (Å²) >= 11 is 0. The normalized spacial score (nSPS) is 15.5. The molecular formula is C19H25N3O. The Labute approximate surface area is 137 Å². The molecule has 1 amide bonds. The maximum absolute atomic E-state index is 12.2. The fraction of sp³-hybridized carbons (Fsp3) is 0.474. The van der Waals surface area contributed by atoms with Crippen LogP contribution in [-0.2, 0) is 11.3 Å². The smallest absolute Gasteiger partial charge is 0.223 e. The maximum Gasteiger partial charge on any atom is 0.223 e. The Morgan fingerprint density at radius 3 is 2.70 bits per heavy atom. The van der Waals surface area contributed by atoms with E-state index in [0.717, 1.165) is 36.5 Å². The van der Waals surface area contributed by atoms with Crippen molar-refractivity contribution in [3.63, 3.8) is 0 Å². The molecule has 0 aliphatic heterocycles. The van der Waals surface area contributed by atoms with Crippen LogP contribution in [0.2, 0.25) is 0 Å². The van der Waals surface area contributed by atoms with Gasteiger partial charge in [-0.3, -0.25) is 4.79 Å². The zero-order chi connectivity index (χ0) is 16.1. The second-order valence-electron chi connectivity index (χ2n) is 6.37. The van der Waals surface area contributed by atoms with Crippen molar-refractivity contribution < 1.29 is 4.79 Å². The molecule has 0 saturated heterocycles. The summed E-state index contributed by atoms with van der Waals surface area (Å²) in [6.07, 6.45) is 7.65. The summed E-state index contributed by atoms with van der Waals surface area (Å²) < 4.78 is 2.18. The minimum Gasteiger partial charge on any atom is -0.354 e. The summed E-state index contributed by atoms with van der Waals surface area (Å²) in [5.41, 5.74) is 2.23. The summed E-state index contributed by atoms with van der Waals surface area (Å²) in [6, 6.07) is 10.2. The monoisotopic (exact) mass is 311 g/mol. The number of nitrogens with one attached hydrogen (secondary N) is 1. The van der Waals surface area contributed by atoms with E-state index in [2.05, 4.69) is 33.9 Å². The highest BCUT2D eigenvalue weighted by Crippen LogP contribution is 2.23. The van der Waals surface area contributed by atoms with Crippen molar-refractivity contribution in [1.82, 2.24) is 14.9 Å².